The molecule has 0 fully saturated rings. The molecule has 2 nitrogen and oxygen atoms in total. The number of carbonyl (C=O) groups excluding carboxylic acids is 1. The third kappa shape index (κ3) is 5.32. The van der Waals surface area contributed by atoms with Gasteiger partial charge in [0.15, 0.2) is 0 Å². The number of carbonyl (C=O) groups is 1. The van der Waals surface area contributed by atoms with Crippen LogP contribution in [0.5, 0.6) is 0 Å². The first-order valence-electron chi connectivity index (χ1n) is 4.53. The minimum absolute atomic E-state index is 0.300. The number of hydrogen-bond donors (Lipinski definition) is 0. The Morgan fingerprint density at radius 2 is 2.13 bits per heavy atom. The van der Waals surface area contributed by atoms with Crippen molar-refractivity contribution in [3.8, 4) is 0 Å². The average Bonchev–Trinajstić information content (AvgIpc) is 2.45. The molecule has 0 N–H and O–H groups in total. The Labute approximate surface area is 107 Å². The monoisotopic (exact) mass is 336 g/mol. The topological polar surface area (TPSA) is 26.3 Å². The van der Waals surface area contributed by atoms with Crippen molar-refractivity contribution in [2.45, 2.75) is 26.4 Å². The highest BCUT2D eigenvalue weighted by Gasteiger charge is 2.13. The molecule has 0 radical (unpaired) electrons. The highest BCUT2D eigenvalue weighted by Crippen LogP contribution is 2.19. The largest absolute Gasteiger partial charge is 0.457 e. The summed E-state index contributed by atoms with van der Waals surface area (Å²) in [6.07, 6.45) is 3.24. The van der Waals surface area contributed by atoms with E-state index in [0.29, 0.717) is 0 Å². The number of rotatable bonds is 2. The van der Waals surface area contributed by atoms with Crippen molar-refractivity contribution in [1.82, 2.24) is 0 Å². The molecule has 0 aliphatic carbocycles. The molecule has 0 atom stereocenters. The lowest BCUT2D eigenvalue weighted by molar-refractivity contribution is -0.148. The van der Waals surface area contributed by atoms with Gasteiger partial charge in [-0.05, 0) is 61.6 Å². The van der Waals surface area contributed by atoms with Crippen LogP contribution in [0.25, 0.3) is 6.08 Å². The van der Waals surface area contributed by atoms with Crippen molar-refractivity contribution >= 4 is 46.0 Å². The molecular formula is C11H13IO2S. The van der Waals surface area contributed by atoms with Gasteiger partial charge in [-0.3, -0.25) is 0 Å². The average molecular weight is 336 g/mol. The van der Waals surface area contributed by atoms with Crippen LogP contribution in [0.15, 0.2) is 18.2 Å². The first-order valence-corrected chi connectivity index (χ1v) is 6.43. The number of halogens is 1. The molecule has 0 saturated heterocycles. The highest BCUT2D eigenvalue weighted by molar-refractivity contribution is 14.1. The van der Waals surface area contributed by atoms with Crippen LogP contribution >= 0.6 is 33.9 Å². The minimum Gasteiger partial charge on any atom is -0.457 e. The fourth-order valence-corrected chi connectivity index (χ4v) is 2.48. The lowest BCUT2D eigenvalue weighted by atomic mass is 10.2. The molecule has 0 bridgehead atoms. The summed E-state index contributed by atoms with van der Waals surface area (Å²) in [5.74, 6) is -0.300. The lowest BCUT2D eigenvalue weighted by Crippen LogP contribution is -2.22. The zero-order chi connectivity index (χ0) is 11.5. The number of ether oxygens (including phenoxy) is 1. The summed E-state index contributed by atoms with van der Waals surface area (Å²) in [4.78, 5) is 12.4. The van der Waals surface area contributed by atoms with Gasteiger partial charge < -0.3 is 4.74 Å². The highest BCUT2D eigenvalue weighted by atomic mass is 127. The lowest BCUT2D eigenvalue weighted by Gasteiger charge is -2.17. The van der Waals surface area contributed by atoms with Crippen LogP contribution in [-0.4, -0.2) is 11.6 Å². The van der Waals surface area contributed by atoms with Gasteiger partial charge in [-0.2, -0.15) is 0 Å². The van der Waals surface area contributed by atoms with Crippen LogP contribution in [0.1, 0.15) is 25.6 Å². The predicted octanol–water partition coefficient (Wildman–Crippen LogP) is 3.71. The minimum atomic E-state index is -0.425. The van der Waals surface area contributed by atoms with E-state index in [4.69, 9.17) is 4.74 Å². The maximum absolute atomic E-state index is 11.3. The molecule has 1 aromatic rings. The van der Waals surface area contributed by atoms with Gasteiger partial charge in [-0.1, -0.05) is 0 Å². The molecule has 0 saturated carbocycles. The Bertz CT molecular complexity index is 374. The molecule has 0 aromatic carbocycles. The SMILES string of the molecule is CC(C)(C)OC(=O)/C=C/c1ccc(I)s1. The molecule has 0 amide bonds. The first-order chi connectivity index (χ1) is 6.87. The van der Waals surface area contributed by atoms with Crippen molar-refractivity contribution in [2.24, 2.45) is 0 Å². The van der Waals surface area contributed by atoms with E-state index in [9.17, 15) is 4.79 Å². The van der Waals surface area contributed by atoms with Crippen LogP contribution in [-0.2, 0) is 9.53 Å². The Morgan fingerprint density at radius 1 is 1.47 bits per heavy atom. The van der Waals surface area contributed by atoms with Gasteiger partial charge in [0.1, 0.15) is 5.60 Å². The summed E-state index contributed by atoms with van der Waals surface area (Å²) in [6.45, 7) is 5.56. The van der Waals surface area contributed by atoms with Crippen LogP contribution in [0.3, 0.4) is 0 Å². The molecule has 1 aromatic heterocycles. The number of hydrogen-bond acceptors (Lipinski definition) is 3. The van der Waals surface area contributed by atoms with E-state index in [2.05, 4.69) is 22.6 Å². The second-order valence-electron chi connectivity index (χ2n) is 4.01. The quantitative estimate of drug-likeness (QED) is 0.468. The molecule has 15 heavy (non-hydrogen) atoms. The van der Waals surface area contributed by atoms with Gasteiger partial charge >= 0.3 is 5.97 Å². The van der Waals surface area contributed by atoms with Gasteiger partial charge in [0.2, 0.25) is 0 Å². The van der Waals surface area contributed by atoms with E-state index >= 15 is 0 Å². The third-order valence-electron chi connectivity index (χ3n) is 1.38. The molecule has 1 rings (SSSR count). The summed E-state index contributed by atoms with van der Waals surface area (Å²) in [5.41, 5.74) is -0.425. The van der Waals surface area contributed by atoms with Gasteiger partial charge in [0.25, 0.3) is 0 Å². The summed E-state index contributed by atoms with van der Waals surface area (Å²) in [7, 11) is 0. The fourth-order valence-electron chi connectivity index (χ4n) is 0.904. The second-order valence-corrected chi connectivity index (χ2v) is 7.02. The molecule has 0 aliphatic rings. The summed E-state index contributed by atoms with van der Waals surface area (Å²) < 4.78 is 6.35. The summed E-state index contributed by atoms with van der Waals surface area (Å²) in [6, 6.07) is 3.99. The van der Waals surface area contributed by atoms with Crippen molar-refractivity contribution in [3.63, 3.8) is 0 Å². The van der Waals surface area contributed by atoms with Crippen LogP contribution in [0, 0.1) is 2.88 Å². The molecule has 0 aliphatic heterocycles. The molecule has 0 unspecified atom stereocenters. The molecule has 1 heterocycles. The Balaban J connectivity index is 2.55. The summed E-state index contributed by atoms with van der Waals surface area (Å²) >= 11 is 3.89. The zero-order valence-electron chi connectivity index (χ0n) is 8.91. The van der Waals surface area contributed by atoms with Gasteiger partial charge in [-0.15, -0.1) is 11.3 Å². The Hall–Kier alpha value is -0.360. The van der Waals surface area contributed by atoms with Crippen molar-refractivity contribution in [3.05, 3.63) is 26.0 Å². The normalized spacial score (nSPS) is 12.0. The van der Waals surface area contributed by atoms with E-state index in [1.807, 2.05) is 32.9 Å². The van der Waals surface area contributed by atoms with Crippen LogP contribution < -0.4 is 0 Å². The number of esters is 1. The van der Waals surface area contributed by atoms with E-state index in [-0.39, 0.29) is 5.97 Å². The van der Waals surface area contributed by atoms with E-state index in [1.165, 1.54) is 8.96 Å². The fraction of sp³-hybridized carbons (Fsp3) is 0.364. The van der Waals surface area contributed by atoms with Crippen molar-refractivity contribution < 1.29 is 9.53 Å². The smallest absolute Gasteiger partial charge is 0.331 e. The molecular weight excluding hydrogens is 323 g/mol. The summed E-state index contributed by atoms with van der Waals surface area (Å²) in [5, 5.41) is 0. The van der Waals surface area contributed by atoms with Gasteiger partial charge in [0.05, 0.1) is 2.88 Å². The number of thiophene rings is 1. The Morgan fingerprint density at radius 3 is 2.60 bits per heavy atom. The maximum atomic E-state index is 11.3. The molecule has 82 valence electrons. The van der Waals surface area contributed by atoms with Gasteiger partial charge in [-0.25, -0.2) is 4.79 Å². The zero-order valence-corrected chi connectivity index (χ0v) is 11.9. The first kappa shape index (κ1) is 12.7. The molecule has 0 spiro atoms. The Kier molecular flexibility index (Phi) is 4.33. The second kappa shape index (κ2) is 5.12. The van der Waals surface area contributed by atoms with E-state index < -0.39 is 5.60 Å². The maximum Gasteiger partial charge on any atom is 0.331 e. The van der Waals surface area contributed by atoms with E-state index in [1.54, 1.807) is 17.4 Å². The van der Waals surface area contributed by atoms with Crippen LogP contribution in [0.4, 0.5) is 0 Å². The molecule has 4 heteroatoms. The third-order valence-corrected chi connectivity index (χ3v) is 3.24. The van der Waals surface area contributed by atoms with Crippen molar-refractivity contribution in [2.75, 3.05) is 0 Å². The van der Waals surface area contributed by atoms with Crippen LogP contribution in [0.2, 0.25) is 0 Å². The van der Waals surface area contributed by atoms with E-state index in [0.717, 1.165) is 4.88 Å². The standard InChI is InChI=1S/C11H13IO2S/c1-11(2,3)14-10(13)7-5-8-4-6-9(12)15-8/h4-7H,1-3H3/b7-5+. The van der Waals surface area contributed by atoms with Crippen molar-refractivity contribution in [1.29, 1.82) is 0 Å². The van der Waals surface area contributed by atoms with Gasteiger partial charge in [0, 0.05) is 11.0 Å². The predicted molar refractivity (Wildman–Crippen MR) is 71.9 cm³/mol.